The third-order valence-corrected chi connectivity index (χ3v) is 9.02. The molecular weight excluding hydrogens is 682 g/mol. The number of anilines is 1. The van der Waals surface area contributed by atoms with Crippen LogP contribution >= 0.6 is 34.8 Å². The van der Waals surface area contributed by atoms with Crippen molar-refractivity contribution in [3.8, 4) is 0 Å². The molecule has 0 saturated heterocycles. The van der Waals surface area contributed by atoms with Crippen LogP contribution < -0.4 is 26.0 Å². The molecule has 219 valence electrons. The Bertz CT molecular complexity index is 2480. The molecule has 5 heterocycles. The molecule has 9 rings (SSSR count). The van der Waals surface area contributed by atoms with Crippen molar-refractivity contribution in [2.45, 2.75) is 0 Å². The molecule has 0 unspecified atom stereocenters. The molecule has 45 heavy (non-hydrogen) atoms. The Morgan fingerprint density at radius 3 is 1.76 bits per heavy atom. The van der Waals surface area contributed by atoms with Crippen LogP contribution in [0.1, 0.15) is 32.6 Å². The van der Waals surface area contributed by atoms with Crippen molar-refractivity contribution < 1.29 is 21.9 Å². The molecule has 4 aliphatic rings. The Hall–Kier alpha value is -4.57. The summed E-state index contributed by atoms with van der Waals surface area (Å²) >= 11 is 19.5. The van der Waals surface area contributed by atoms with Crippen molar-refractivity contribution in [1.29, 1.82) is 0 Å². The second kappa shape index (κ2) is 10.2. The molecule has 3 aromatic carbocycles. The average molecular weight is 695 g/mol. The van der Waals surface area contributed by atoms with E-state index in [4.69, 9.17) is 69.7 Å². The van der Waals surface area contributed by atoms with Gasteiger partial charge in [-0.05, 0) is 10.8 Å². The van der Waals surface area contributed by atoms with Crippen molar-refractivity contribution in [3.05, 3.63) is 121 Å². The van der Waals surface area contributed by atoms with Crippen molar-refractivity contribution in [3.63, 3.8) is 0 Å². The van der Waals surface area contributed by atoms with E-state index in [-0.39, 0.29) is 54.3 Å². The van der Waals surface area contributed by atoms with Crippen molar-refractivity contribution >= 4 is 97.2 Å². The predicted molar refractivity (Wildman–Crippen MR) is 172 cm³/mol. The molecule has 1 N–H and O–H groups in total. The SMILES string of the molecule is O=C1C(Cl)=C(Cl)C(Cl)=c2c1c1[n-]c2=NC2=NC(=Nc3[n-]c(c4ccccc34)N=C3N=C(N1)c1ccccc13)c1ccccc12.[Cu+2]. The number of rotatable bonds is 0. The minimum atomic E-state index is -0.540. The van der Waals surface area contributed by atoms with E-state index in [0.717, 1.165) is 33.0 Å². The molecule has 1 aliphatic carbocycles. The number of hydrogen-bond donors (Lipinski definition) is 1. The molecule has 9 nitrogen and oxygen atoms in total. The molecule has 0 amide bonds. The van der Waals surface area contributed by atoms with E-state index in [1.54, 1.807) is 0 Å². The number of ketones is 1. The third kappa shape index (κ3) is 4.07. The molecule has 0 fully saturated rings. The Labute approximate surface area is 279 Å². The van der Waals surface area contributed by atoms with Crippen LogP contribution in [0.15, 0.2) is 108 Å². The number of aliphatic imine (C=N–C) groups is 4. The molecule has 2 aromatic heterocycles. The van der Waals surface area contributed by atoms with E-state index in [1.165, 1.54) is 0 Å². The third-order valence-electron chi connectivity index (χ3n) is 7.71. The zero-order valence-corrected chi connectivity index (χ0v) is 25.6. The largest absolute Gasteiger partial charge is 2.00 e. The van der Waals surface area contributed by atoms with Crippen molar-refractivity contribution in [2.24, 2.45) is 25.0 Å². The van der Waals surface area contributed by atoms with Gasteiger partial charge in [-0.25, -0.2) is 9.98 Å². The fourth-order valence-electron chi connectivity index (χ4n) is 5.70. The van der Waals surface area contributed by atoms with Crippen LogP contribution in [0.2, 0.25) is 0 Å². The summed E-state index contributed by atoms with van der Waals surface area (Å²) in [5.74, 6) is 2.20. The number of carbonyl (C=O) groups excluding carboxylic acids is 1. The molecule has 3 aliphatic heterocycles. The van der Waals surface area contributed by atoms with Gasteiger partial charge >= 0.3 is 17.1 Å². The Morgan fingerprint density at radius 2 is 1.11 bits per heavy atom. The number of fused-ring (bicyclic) bond motifs is 18. The minimum absolute atomic E-state index is 0. The zero-order chi connectivity index (χ0) is 29.7. The number of nitrogens with one attached hydrogen (secondary N) is 1. The first-order valence-corrected chi connectivity index (χ1v) is 14.5. The first-order chi connectivity index (χ1) is 21.5. The molecular formula is C32H13Cl3CuN8O. The minimum Gasteiger partial charge on any atom is -0.398 e. The quantitative estimate of drug-likeness (QED) is 0.218. The molecule has 0 atom stereocenters. The van der Waals surface area contributed by atoms with Gasteiger partial charge in [0.1, 0.15) is 5.03 Å². The number of aromatic nitrogens is 2. The number of Topliss-reactive ketones (excluding diaryl/α,β-unsaturated/α-hetero) is 1. The number of halogens is 3. The van der Waals surface area contributed by atoms with E-state index in [9.17, 15) is 4.79 Å². The maximum absolute atomic E-state index is 13.5. The molecule has 0 spiro atoms. The first kappa shape index (κ1) is 27.9. The monoisotopic (exact) mass is 693 g/mol. The number of nitrogens with zero attached hydrogens (tertiary/aromatic N) is 7. The fraction of sp³-hybridized carbons (Fsp3) is 0. The molecule has 8 bridgehead atoms. The normalized spacial score (nSPS) is 16.1. The maximum atomic E-state index is 13.5. The van der Waals surface area contributed by atoms with E-state index in [1.807, 2.05) is 72.8 Å². The van der Waals surface area contributed by atoms with Crippen LogP contribution in [0.4, 0.5) is 17.5 Å². The number of amidine groups is 4. The van der Waals surface area contributed by atoms with Crippen molar-refractivity contribution in [2.75, 3.05) is 5.32 Å². The Morgan fingerprint density at radius 1 is 0.578 bits per heavy atom. The first-order valence-electron chi connectivity index (χ1n) is 13.4. The van der Waals surface area contributed by atoms with Gasteiger partial charge in [0.05, 0.1) is 33.4 Å². The molecule has 13 heteroatoms. The van der Waals surface area contributed by atoms with Crippen LogP contribution in [0.25, 0.3) is 15.8 Å². The fourth-order valence-corrected chi connectivity index (χ4v) is 6.39. The summed E-state index contributed by atoms with van der Waals surface area (Å²) < 4.78 is 0. The van der Waals surface area contributed by atoms with Gasteiger partial charge in [-0.1, -0.05) is 108 Å². The van der Waals surface area contributed by atoms with Gasteiger partial charge in [-0.3, -0.25) is 4.79 Å². The van der Waals surface area contributed by atoms with E-state index in [2.05, 4.69) is 5.32 Å². The number of allylic oxidation sites excluding steroid dienone is 2. The van der Waals surface area contributed by atoms with Gasteiger partial charge in [-0.15, -0.1) is 0 Å². The second-order valence-electron chi connectivity index (χ2n) is 10.2. The summed E-state index contributed by atoms with van der Waals surface area (Å²) in [6, 6.07) is 23.0. The van der Waals surface area contributed by atoms with Gasteiger partial charge in [-0.2, -0.15) is 0 Å². The maximum Gasteiger partial charge on any atom is 2.00 e. The van der Waals surface area contributed by atoms with E-state index in [0.29, 0.717) is 35.0 Å². The molecule has 0 saturated carbocycles. The van der Waals surface area contributed by atoms with Crippen LogP contribution in [0.5, 0.6) is 0 Å². The standard InChI is InChI=1S/C32H14Cl3N8O.Cu/c33-21-19-20(24(44)23(35)22(21)34)32-42-30-18-12-6-4-10-16(18)28(40-30)38-26-14-8-2-1-7-13(14)25(36-26)37-27-15-9-3-5-11-17(15)29(39-27)41-31(19)43-32;/h1-12H,(H2-,36,37,38,39,40,41,42,43,44);/q-1;+2/p-1. The van der Waals surface area contributed by atoms with E-state index < -0.39 is 5.78 Å². The second-order valence-corrected chi connectivity index (χ2v) is 11.3. The average Bonchev–Trinajstić information content (AvgIpc) is 3.78. The van der Waals surface area contributed by atoms with Gasteiger partial charge in [0.2, 0.25) is 5.78 Å². The summed E-state index contributed by atoms with van der Waals surface area (Å²) in [5, 5.41) is 4.90. The summed E-state index contributed by atoms with van der Waals surface area (Å²) in [5.41, 5.74) is 3.31. The Balaban J connectivity index is 0.00000300. The molecule has 1 radical (unpaired) electrons. The van der Waals surface area contributed by atoms with Crippen LogP contribution in [0, 0.1) is 0 Å². The summed E-state index contributed by atoms with van der Waals surface area (Å²) in [7, 11) is 0. The summed E-state index contributed by atoms with van der Waals surface area (Å²) in [6.45, 7) is 0. The molecule has 5 aromatic rings. The van der Waals surface area contributed by atoms with Gasteiger partial charge in [0.15, 0.2) is 0 Å². The number of benzene rings is 3. The van der Waals surface area contributed by atoms with Crippen LogP contribution in [-0.2, 0) is 17.1 Å². The van der Waals surface area contributed by atoms with Crippen LogP contribution in [-0.4, -0.2) is 29.1 Å². The van der Waals surface area contributed by atoms with Crippen molar-refractivity contribution in [1.82, 2.24) is 9.97 Å². The summed E-state index contributed by atoms with van der Waals surface area (Å²) in [4.78, 5) is 47.3. The number of carbonyl (C=O) groups is 1. The van der Waals surface area contributed by atoms with E-state index >= 15 is 0 Å². The predicted octanol–water partition coefficient (Wildman–Crippen LogP) is 5.41. The Kier molecular flexibility index (Phi) is 6.35. The number of hydrogen-bond acceptors (Lipinski definition) is 7. The smallest absolute Gasteiger partial charge is 0.398 e. The summed E-state index contributed by atoms with van der Waals surface area (Å²) in [6.07, 6.45) is 0. The van der Waals surface area contributed by atoms with Crippen LogP contribution in [0.3, 0.4) is 0 Å². The topological polar surface area (TPSA) is 119 Å². The zero-order valence-electron chi connectivity index (χ0n) is 22.4. The van der Waals surface area contributed by atoms with Gasteiger partial charge < -0.3 is 30.3 Å². The van der Waals surface area contributed by atoms with Gasteiger partial charge in [0, 0.05) is 56.0 Å². The van der Waals surface area contributed by atoms with Gasteiger partial charge in [0.25, 0.3) is 0 Å².